The summed E-state index contributed by atoms with van der Waals surface area (Å²) in [6.07, 6.45) is 5.65. The van der Waals surface area contributed by atoms with E-state index in [0.29, 0.717) is 29.5 Å². The van der Waals surface area contributed by atoms with Crippen LogP contribution in [-0.2, 0) is 4.79 Å². The lowest BCUT2D eigenvalue weighted by atomic mass is 9.96. The van der Waals surface area contributed by atoms with Gasteiger partial charge in [0.2, 0.25) is 5.91 Å². The van der Waals surface area contributed by atoms with Crippen molar-refractivity contribution in [3.63, 3.8) is 0 Å². The van der Waals surface area contributed by atoms with Crippen molar-refractivity contribution < 1.29 is 14.3 Å². The van der Waals surface area contributed by atoms with Gasteiger partial charge in [0.15, 0.2) is 0 Å². The standard InChI is InChI=1S/C27H30N4O3/c1-34-25-9-7-22(8-10-25)27(33)31(24-5-3-2-4-6-24)20-26(32)29-19-21-13-17-30(18-14-21)23-11-15-28-16-12-23/h2-12,15-16,21H,13-14,17-20H2,1H3,(H,29,32). The predicted molar refractivity (Wildman–Crippen MR) is 133 cm³/mol. The van der Waals surface area contributed by atoms with E-state index in [1.54, 1.807) is 31.4 Å². The molecule has 2 aromatic carbocycles. The van der Waals surface area contributed by atoms with Crippen molar-refractivity contribution in [3.8, 4) is 5.75 Å². The Kier molecular flexibility index (Phi) is 7.75. The molecule has 7 nitrogen and oxygen atoms in total. The van der Waals surface area contributed by atoms with Crippen LogP contribution in [0.1, 0.15) is 23.2 Å². The highest BCUT2D eigenvalue weighted by Gasteiger charge is 2.23. The number of benzene rings is 2. The number of nitrogens with one attached hydrogen (secondary N) is 1. The van der Waals surface area contributed by atoms with Gasteiger partial charge in [0.1, 0.15) is 12.3 Å². The lowest BCUT2D eigenvalue weighted by Gasteiger charge is -2.33. The minimum atomic E-state index is -0.227. The highest BCUT2D eigenvalue weighted by atomic mass is 16.5. The van der Waals surface area contributed by atoms with Crippen LogP contribution in [-0.4, -0.2) is 50.1 Å². The second kappa shape index (κ2) is 11.3. The number of ether oxygens (including phenoxy) is 1. The molecule has 1 N–H and O–H groups in total. The third-order valence-electron chi connectivity index (χ3n) is 6.18. The zero-order valence-corrected chi connectivity index (χ0v) is 19.4. The molecule has 1 aliphatic heterocycles. The maximum Gasteiger partial charge on any atom is 0.258 e. The number of methoxy groups -OCH3 is 1. The molecule has 0 spiro atoms. The van der Waals surface area contributed by atoms with E-state index in [2.05, 4.69) is 15.2 Å². The van der Waals surface area contributed by atoms with E-state index in [-0.39, 0.29) is 18.4 Å². The van der Waals surface area contributed by atoms with Crippen LogP contribution in [0.15, 0.2) is 79.1 Å². The lowest BCUT2D eigenvalue weighted by molar-refractivity contribution is -0.119. The average Bonchev–Trinajstić information content (AvgIpc) is 2.91. The van der Waals surface area contributed by atoms with E-state index in [1.165, 1.54) is 10.6 Å². The normalized spacial score (nSPS) is 13.9. The van der Waals surface area contributed by atoms with Crippen molar-refractivity contribution in [2.45, 2.75) is 12.8 Å². The minimum Gasteiger partial charge on any atom is -0.497 e. The molecule has 176 valence electrons. The van der Waals surface area contributed by atoms with Gasteiger partial charge in [-0.1, -0.05) is 18.2 Å². The summed E-state index contributed by atoms with van der Waals surface area (Å²) >= 11 is 0. The Morgan fingerprint density at radius 2 is 1.68 bits per heavy atom. The number of rotatable bonds is 8. The summed E-state index contributed by atoms with van der Waals surface area (Å²) in [4.78, 5) is 34.1. The smallest absolute Gasteiger partial charge is 0.258 e. The van der Waals surface area contributed by atoms with E-state index in [9.17, 15) is 9.59 Å². The largest absolute Gasteiger partial charge is 0.497 e. The van der Waals surface area contributed by atoms with Crippen LogP contribution in [0.4, 0.5) is 11.4 Å². The maximum atomic E-state index is 13.3. The maximum absolute atomic E-state index is 13.3. The van der Waals surface area contributed by atoms with Gasteiger partial charge >= 0.3 is 0 Å². The van der Waals surface area contributed by atoms with E-state index < -0.39 is 0 Å². The molecule has 0 aliphatic carbocycles. The third kappa shape index (κ3) is 5.92. The van der Waals surface area contributed by atoms with Gasteiger partial charge in [-0.3, -0.25) is 19.5 Å². The molecule has 3 aromatic rings. The first-order valence-electron chi connectivity index (χ1n) is 11.6. The average molecular weight is 459 g/mol. The number of hydrogen-bond acceptors (Lipinski definition) is 5. The van der Waals surface area contributed by atoms with Crippen LogP contribution in [0, 0.1) is 5.92 Å². The molecule has 0 atom stereocenters. The molecule has 0 radical (unpaired) electrons. The first kappa shape index (κ1) is 23.3. The van der Waals surface area contributed by atoms with Gasteiger partial charge in [-0.2, -0.15) is 0 Å². The SMILES string of the molecule is COc1ccc(C(=O)N(CC(=O)NCC2CCN(c3ccncc3)CC2)c2ccccc2)cc1. The van der Waals surface area contributed by atoms with Crippen molar-refractivity contribution in [1.29, 1.82) is 0 Å². The van der Waals surface area contributed by atoms with Crippen LogP contribution in [0.2, 0.25) is 0 Å². The molecule has 1 aliphatic rings. The van der Waals surface area contributed by atoms with E-state index >= 15 is 0 Å². The van der Waals surface area contributed by atoms with Crippen LogP contribution in [0.25, 0.3) is 0 Å². The summed E-state index contributed by atoms with van der Waals surface area (Å²) in [5.74, 6) is 0.706. The van der Waals surface area contributed by atoms with Gasteiger partial charge in [-0.05, 0) is 67.3 Å². The van der Waals surface area contributed by atoms with E-state index in [4.69, 9.17) is 4.74 Å². The predicted octanol–water partition coefficient (Wildman–Crippen LogP) is 3.77. The molecule has 2 heterocycles. The number of nitrogens with zero attached hydrogens (tertiary/aromatic N) is 3. The van der Waals surface area contributed by atoms with Gasteiger partial charge in [0.25, 0.3) is 5.91 Å². The monoisotopic (exact) mass is 458 g/mol. The molecule has 1 fully saturated rings. The Hall–Kier alpha value is -3.87. The van der Waals surface area contributed by atoms with Gasteiger partial charge in [0, 0.05) is 49.0 Å². The fourth-order valence-corrected chi connectivity index (χ4v) is 4.19. The summed E-state index contributed by atoms with van der Waals surface area (Å²) in [6, 6.07) is 20.3. The molecule has 4 rings (SSSR count). The second-order valence-electron chi connectivity index (χ2n) is 8.40. The number of piperidine rings is 1. The molecule has 0 bridgehead atoms. The van der Waals surface area contributed by atoms with Crippen molar-refractivity contribution in [2.24, 2.45) is 5.92 Å². The number of anilines is 2. The number of para-hydroxylation sites is 1. The molecule has 2 amide bonds. The van der Waals surface area contributed by atoms with Crippen LogP contribution >= 0.6 is 0 Å². The Bertz CT molecular complexity index is 1070. The highest BCUT2D eigenvalue weighted by molar-refractivity contribution is 6.08. The fraction of sp³-hybridized carbons (Fsp3) is 0.296. The molecule has 0 saturated carbocycles. The van der Waals surface area contributed by atoms with Crippen molar-refractivity contribution >= 4 is 23.2 Å². The highest BCUT2D eigenvalue weighted by Crippen LogP contribution is 2.22. The third-order valence-corrected chi connectivity index (χ3v) is 6.18. The molecular weight excluding hydrogens is 428 g/mol. The number of hydrogen-bond donors (Lipinski definition) is 1. The quantitative estimate of drug-likeness (QED) is 0.556. The van der Waals surface area contributed by atoms with Gasteiger partial charge < -0.3 is 15.0 Å². The van der Waals surface area contributed by atoms with Gasteiger partial charge in [-0.15, -0.1) is 0 Å². The summed E-state index contributed by atoms with van der Waals surface area (Å²) in [5.41, 5.74) is 2.37. The van der Waals surface area contributed by atoms with Gasteiger partial charge in [-0.25, -0.2) is 0 Å². The summed E-state index contributed by atoms with van der Waals surface area (Å²) in [7, 11) is 1.58. The fourth-order valence-electron chi connectivity index (χ4n) is 4.19. The second-order valence-corrected chi connectivity index (χ2v) is 8.40. The van der Waals surface area contributed by atoms with Crippen molar-refractivity contribution in [3.05, 3.63) is 84.7 Å². The van der Waals surface area contributed by atoms with E-state index in [0.717, 1.165) is 25.9 Å². The number of amides is 2. The summed E-state index contributed by atoms with van der Waals surface area (Å²) in [6.45, 7) is 2.49. The Morgan fingerprint density at radius 1 is 1.00 bits per heavy atom. The number of pyridine rings is 1. The molecule has 34 heavy (non-hydrogen) atoms. The zero-order valence-electron chi connectivity index (χ0n) is 19.4. The topological polar surface area (TPSA) is 74.8 Å². The summed E-state index contributed by atoms with van der Waals surface area (Å²) < 4.78 is 5.19. The molecular formula is C27H30N4O3. The number of aromatic nitrogens is 1. The Labute approximate surface area is 200 Å². The van der Waals surface area contributed by atoms with Crippen molar-refractivity contribution in [1.82, 2.24) is 10.3 Å². The van der Waals surface area contributed by atoms with Crippen LogP contribution in [0.3, 0.4) is 0 Å². The lowest BCUT2D eigenvalue weighted by Crippen LogP contribution is -2.43. The Balaban J connectivity index is 1.34. The minimum absolute atomic E-state index is 0.0370. The number of carbonyl (C=O) groups is 2. The Morgan fingerprint density at radius 3 is 2.32 bits per heavy atom. The molecule has 0 unspecified atom stereocenters. The summed E-state index contributed by atoms with van der Waals surface area (Å²) in [5, 5.41) is 3.05. The van der Waals surface area contributed by atoms with E-state index in [1.807, 2.05) is 54.9 Å². The van der Waals surface area contributed by atoms with Crippen LogP contribution < -0.4 is 19.9 Å². The van der Waals surface area contributed by atoms with Crippen molar-refractivity contribution in [2.75, 3.05) is 43.1 Å². The zero-order chi connectivity index (χ0) is 23.8. The van der Waals surface area contributed by atoms with Crippen LogP contribution in [0.5, 0.6) is 5.75 Å². The first-order chi connectivity index (χ1) is 16.6. The molecule has 1 aromatic heterocycles. The first-order valence-corrected chi connectivity index (χ1v) is 11.6. The van der Waals surface area contributed by atoms with Gasteiger partial charge in [0.05, 0.1) is 7.11 Å². The number of carbonyl (C=O) groups excluding carboxylic acids is 2. The molecule has 1 saturated heterocycles. The molecule has 7 heteroatoms.